The van der Waals surface area contributed by atoms with E-state index in [9.17, 15) is 14.4 Å². The van der Waals surface area contributed by atoms with E-state index < -0.39 is 6.10 Å². The van der Waals surface area contributed by atoms with Gasteiger partial charge in [-0.25, -0.2) is 0 Å². The second kappa shape index (κ2) is 68.6. The summed E-state index contributed by atoms with van der Waals surface area (Å²) in [6, 6.07) is 0. The predicted molar refractivity (Wildman–Crippen MR) is 348 cm³/mol. The van der Waals surface area contributed by atoms with Crippen LogP contribution in [0.15, 0.2) is 60.8 Å². The zero-order valence-corrected chi connectivity index (χ0v) is 53.6. The van der Waals surface area contributed by atoms with Gasteiger partial charge in [0.25, 0.3) is 0 Å². The minimum absolute atomic E-state index is 0.0712. The summed E-state index contributed by atoms with van der Waals surface area (Å²) in [7, 11) is 0. The van der Waals surface area contributed by atoms with Crippen molar-refractivity contribution in [3.05, 3.63) is 60.8 Å². The molecule has 466 valence electrons. The average Bonchev–Trinajstić information content (AvgIpc) is 3.46. The van der Waals surface area contributed by atoms with Gasteiger partial charge >= 0.3 is 17.9 Å². The molecule has 1 unspecified atom stereocenters. The molecule has 0 aliphatic carbocycles. The van der Waals surface area contributed by atoms with E-state index in [1.54, 1.807) is 0 Å². The summed E-state index contributed by atoms with van der Waals surface area (Å²) >= 11 is 0. The van der Waals surface area contributed by atoms with Gasteiger partial charge in [0.15, 0.2) is 6.10 Å². The third-order valence-electron chi connectivity index (χ3n) is 15.8. The van der Waals surface area contributed by atoms with Crippen molar-refractivity contribution < 1.29 is 28.6 Å². The summed E-state index contributed by atoms with van der Waals surface area (Å²) in [5, 5.41) is 0. The van der Waals surface area contributed by atoms with E-state index >= 15 is 0 Å². The Morgan fingerprint density at radius 3 is 0.762 bits per heavy atom. The van der Waals surface area contributed by atoms with Gasteiger partial charge in [-0.05, 0) is 64.2 Å². The van der Waals surface area contributed by atoms with Crippen LogP contribution in [0.3, 0.4) is 0 Å². The number of hydrogen-bond acceptors (Lipinski definition) is 6. The number of esters is 3. The smallest absolute Gasteiger partial charge is 0.306 e. The Labute approximate surface area is 498 Å². The molecule has 0 spiro atoms. The number of ether oxygens (including phenoxy) is 3. The van der Waals surface area contributed by atoms with E-state index in [1.807, 2.05) is 0 Å². The van der Waals surface area contributed by atoms with E-state index in [4.69, 9.17) is 14.2 Å². The fourth-order valence-electron chi connectivity index (χ4n) is 10.5. The zero-order valence-electron chi connectivity index (χ0n) is 53.6. The maximum absolute atomic E-state index is 12.9. The van der Waals surface area contributed by atoms with Gasteiger partial charge < -0.3 is 14.2 Å². The van der Waals surface area contributed by atoms with Gasteiger partial charge in [0.05, 0.1) is 0 Å². The quantitative estimate of drug-likeness (QED) is 0.0261. The first-order valence-electron chi connectivity index (χ1n) is 35.3. The second-order valence-corrected chi connectivity index (χ2v) is 23.8. The molecule has 0 bridgehead atoms. The van der Waals surface area contributed by atoms with E-state index in [2.05, 4.69) is 81.5 Å². The van der Waals surface area contributed by atoms with Crippen molar-refractivity contribution >= 4 is 17.9 Å². The van der Waals surface area contributed by atoms with Crippen LogP contribution in [0.2, 0.25) is 0 Å². The third-order valence-corrected chi connectivity index (χ3v) is 15.8. The zero-order chi connectivity index (χ0) is 57.8. The molecule has 6 nitrogen and oxygen atoms in total. The molecule has 0 saturated carbocycles. The van der Waals surface area contributed by atoms with E-state index in [0.717, 1.165) is 96.3 Å². The highest BCUT2D eigenvalue weighted by molar-refractivity contribution is 5.71. The van der Waals surface area contributed by atoms with Crippen molar-refractivity contribution in [1.29, 1.82) is 0 Å². The summed E-state index contributed by atoms with van der Waals surface area (Å²) < 4.78 is 16.8. The molecule has 0 saturated heterocycles. The van der Waals surface area contributed by atoms with Gasteiger partial charge in [0, 0.05) is 19.3 Å². The minimum Gasteiger partial charge on any atom is -0.462 e. The van der Waals surface area contributed by atoms with Gasteiger partial charge in [-0.2, -0.15) is 0 Å². The predicted octanol–water partition coefficient (Wildman–Crippen LogP) is 24.3. The normalized spacial score (nSPS) is 12.4. The Balaban J connectivity index is 3.94. The highest BCUT2D eigenvalue weighted by Gasteiger charge is 2.19. The lowest BCUT2D eigenvalue weighted by molar-refractivity contribution is -0.167. The van der Waals surface area contributed by atoms with Crippen LogP contribution < -0.4 is 0 Å². The largest absolute Gasteiger partial charge is 0.462 e. The van der Waals surface area contributed by atoms with Crippen molar-refractivity contribution in [3.63, 3.8) is 0 Å². The van der Waals surface area contributed by atoms with Crippen LogP contribution in [0.1, 0.15) is 374 Å². The first-order chi connectivity index (χ1) is 39.5. The summed E-state index contributed by atoms with van der Waals surface area (Å²) in [6.45, 7) is 6.50. The lowest BCUT2D eigenvalue weighted by atomic mass is 10.0. The molecule has 0 aromatic heterocycles. The number of rotatable bonds is 65. The Morgan fingerprint density at radius 2 is 0.487 bits per heavy atom. The molecule has 0 rings (SSSR count). The molecule has 0 radical (unpaired) electrons. The Kier molecular flexibility index (Phi) is 66.1. The Bertz CT molecular complexity index is 1430. The van der Waals surface area contributed by atoms with Crippen LogP contribution in [0.4, 0.5) is 0 Å². The van der Waals surface area contributed by atoms with Crippen molar-refractivity contribution in [3.8, 4) is 0 Å². The lowest BCUT2D eigenvalue weighted by Crippen LogP contribution is -2.30. The molecule has 0 aromatic rings. The van der Waals surface area contributed by atoms with Crippen molar-refractivity contribution in [1.82, 2.24) is 0 Å². The molecule has 0 amide bonds. The standard InChI is InChI=1S/C74H134O6/c1-4-7-10-13-15-17-19-21-23-25-27-29-31-33-35-36-37-39-40-42-44-46-48-50-52-54-56-58-61-64-67-73(76)79-70-71(69-78-72(75)66-63-60-12-9-6-3)80-74(77)68-65-62-59-57-55-53-51-49-47-45-43-41-38-34-32-30-28-26-24-22-20-18-16-14-11-8-5-2/h8,11,16,18,22,24,28,30,34,38,71H,4-7,9-10,12-15,17,19-21,23,25-27,29,31-33,35-37,39-70H2,1-3H3/b11-8-,18-16-,24-22-,30-28-,38-34-. The summed E-state index contributed by atoms with van der Waals surface area (Å²) in [4.78, 5) is 38.0. The molecule has 80 heavy (non-hydrogen) atoms. The highest BCUT2D eigenvalue weighted by Crippen LogP contribution is 2.19. The maximum atomic E-state index is 12.9. The molecule has 6 heteroatoms. The summed E-state index contributed by atoms with van der Waals surface area (Å²) in [5.41, 5.74) is 0. The van der Waals surface area contributed by atoms with Crippen LogP contribution >= 0.6 is 0 Å². The summed E-state index contributed by atoms with van der Waals surface area (Å²) in [6.07, 6.45) is 88.9. The lowest BCUT2D eigenvalue weighted by Gasteiger charge is -2.18. The minimum atomic E-state index is -0.771. The van der Waals surface area contributed by atoms with Crippen molar-refractivity contribution in [2.75, 3.05) is 13.2 Å². The van der Waals surface area contributed by atoms with Gasteiger partial charge in [-0.1, -0.05) is 351 Å². The first kappa shape index (κ1) is 77.1. The SMILES string of the molecule is CC/C=C\C/C=C\C/C=C\C/C=C\C/C=C\CCCCCCCCCCCCCC(=O)OC(COC(=O)CCCCCCC)COC(=O)CCCCCCCCCCCCCCCCCCCCCCCCCCCCCCCC. The number of carbonyl (C=O) groups excluding carboxylic acids is 3. The fourth-order valence-corrected chi connectivity index (χ4v) is 10.5. The van der Waals surface area contributed by atoms with Gasteiger partial charge in [0.2, 0.25) is 0 Å². The van der Waals surface area contributed by atoms with Crippen molar-refractivity contribution in [2.24, 2.45) is 0 Å². The molecule has 0 N–H and O–H groups in total. The van der Waals surface area contributed by atoms with Crippen LogP contribution in [0.5, 0.6) is 0 Å². The Hall–Kier alpha value is -2.89. The highest BCUT2D eigenvalue weighted by atomic mass is 16.6. The Morgan fingerprint density at radius 1 is 0.263 bits per heavy atom. The van der Waals surface area contributed by atoms with Gasteiger partial charge in [-0.15, -0.1) is 0 Å². The van der Waals surface area contributed by atoms with Crippen LogP contribution in [0.25, 0.3) is 0 Å². The third kappa shape index (κ3) is 65.9. The van der Waals surface area contributed by atoms with E-state index in [1.165, 1.54) is 238 Å². The molecular formula is C74H134O6. The topological polar surface area (TPSA) is 78.9 Å². The van der Waals surface area contributed by atoms with Gasteiger partial charge in [-0.3, -0.25) is 14.4 Å². The van der Waals surface area contributed by atoms with Crippen LogP contribution in [-0.4, -0.2) is 37.2 Å². The molecule has 0 heterocycles. The molecule has 0 aliphatic heterocycles. The van der Waals surface area contributed by atoms with Crippen LogP contribution in [-0.2, 0) is 28.6 Å². The molecule has 1 atom stereocenters. The van der Waals surface area contributed by atoms with Gasteiger partial charge in [0.1, 0.15) is 13.2 Å². The fraction of sp³-hybridized carbons (Fsp3) is 0.824. The number of carbonyl (C=O) groups is 3. The van der Waals surface area contributed by atoms with E-state index in [-0.39, 0.29) is 31.1 Å². The molecule has 0 fully saturated rings. The summed E-state index contributed by atoms with van der Waals surface area (Å²) in [5.74, 6) is -0.868. The monoisotopic (exact) mass is 1120 g/mol. The molecule has 0 aromatic carbocycles. The first-order valence-corrected chi connectivity index (χ1v) is 35.3. The average molecular weight is 1120 g/mol. The van der Waals surface area contributed by atoms with E-state index in [0.29, 0.717) is 19.3 Å². The number of hydrogen-bond donors (Lipinski definition) is 0. The number of unbranched alkanes of at least 4 members (excludes halogenated alkanes) is 44. The maximum Gasteiger partial charge on any atom is 0.306 e. The molecular weight excluding hydrogens is 985 g/mol. The number of allylic oxidation sites excluding steroid dienone is 10. The second-order valence-electron chi connectivity index (χ2n) is 23.8. The molecule has 0 aliphatic rings. The van der Waals surface area contributed by atoms with Crippen LogP contribution in [0, 0.1) is 0 Å². The van der Waals surface area contributed by atoms with Crippen molar-refractivity contribution in [2.45, 2.75) is 380 Å².